The van der Waals surface area contributed by atoms with Crippen LogP contribution in [0.5, 0.6) is 0 Å². The van der Waals surface area contributed by atoms with Gasteiger partial charge < -0.3 is 5.73 Å². The van der Waals surface area contributed by atoms with E-state index in [1.54, 1.807) is 11.8 Å². The zero-order valence-electron chi connectivity index (χ0n) is 12.5. The van der Waals surface area contributed by atoms with E-state index in [1.807, 2.05) is 24.3 Å². The lowest BCUT2D eigenvalue weighted by molar-refractivity contribution is 0.867. The van der Waals surface area contributed by atoms with Gasteiger partial charge in [0.05, 0.1) is 5.69 Å². The summed E-state index contributed by atoms with van der Waals surface area (Å²) in [5.74, 6) is 0.227. The number of aromatic nitrogens is 2. The highest BCUT2D eigenvalue weighted by molar-refractivity contribution is 7.99. The quantitative estimate of drug-likeness (QED) is 0.660. The molecule has 0 saturated heterocycles. The molecular weight excluding hydrogens is 316 g/mol. The largest absolute Gasteiger partial charge is 0.382 e. The molecule has 114 valence electrons. The summed E-state index contributed by atoms with van der Waals surface area (Å²) < 4.78 is 0. The van der Waals surface area contributed by atoms with Crippen molar-refractivity contribution >= 4 is 29.2 Å². The van der Waals surface area contributed by atoms with Gasteiger partial charge in [0.25, 0.3) is 0 Å². The van der Waals surface area contributed by atoms with Crippen LogP contribution < -0.4 is 5.73 Å². The van der Waals surface area contributed by atoms with Crippen LogP contribution in [0.15, 0.2) is 29.4 Å². The summed E-state index contributed by atoms with van der Waals surface area (Å²) in [6.45, 7) is 4.21. The first-order valence-corrected chi connectivity index (χ1v) is 8.27. The first kappa shape index (κ1) is 16.6. The van der Waals surface area contributed by atoms with Gasteiger partial charge in [0.1, 0.15) is 17.5 Å². The molecule has 0 amide bonds. The Morgan fingerprint density at radius 3 is 2.73 bits per heavy atom. The average Bonchev–Trinajstić information content (AvgIpc) is 2.49. The Kier molecular flexibility index (Phi) is 5.64. The van der Waals surface area contributed by atoms with Gasteiger partial charge in [-0.05, 0) is 18.1 Å². The highest BCUT2D eigenvalue weighted by Gasteiger charge is 2.15. The number of nitriles is 1. The van der Waals surface area contributed by atoms with Crippen molar-refractivity contribution in [2.45, 2.75) is 37.1 Å². The van der Waals surface area contributed by atoms with E-state index in [-0.39, 0.29) is 5.82 Å². The van der Waals surface area contributed by atoms with E-state index in [1.165, 1.54) is 0 Å². The zero-order valence-corrected chi connectivity index (χ0v) is 14.1. The molecule has 0 radical (unpaired) electrons. The lowest BCUT2D eigenvalue weighted by Crippen LogP contribution is -2.07. The Morgan fingerprint density at radius 1 is 1.36 bits per heavy atom. The van der Waals surface area contributed by atoms with Gasteiger partial charge in [0.15, 0.2) is 5.16 Å². The molecule has 4 nitrogen and oxygen atoms in total. The van der Waals surface area contributed by atoms with Crippen molar-refractivity contribution in [3.63, 3.8) is 0 Å². The maximum atomic E-state index is 9.32. The molecule has 2 N–H and O–H groups in total. The third kappa shape index (κ3) is 3.90. The summed E-state index contributed by atoms with van der Waals surface area (Å²) in [7, 11) is 0. The molecule has 1 unspecified atom stereocenters. The predicted octanol–water partition coefficient (Wildman–Crippen LogP) is 4.07. The van der Waals surface area contributed by atoms with E-state index in [0.29, 0.717) is 33.1 Å². The van der Waals surface area contributed by atoms with Gasteiger partial charge >= 0.3 is 0 Å². The van der Waals surface area contributed by atoms with Crippen LogP contribution in [0.25, 0.3) is 0 Å². The number of nitrogens with zero attached hydrogens (tertiary/aromatic N) is 3. The number of benzene rings is 1. The van der Waals surface area contributed by atoms with Crippen molar-refractivity contribution in [1.29, 1.82) is 5.26 Å². The smallest absolute Gasteiger partial charge is 0.190 e. The van der Waals surface area contributed by atoms with E-state index < -0.39 is 0 Å². The maximum Gasteiger partial charge on any atom is 0.190 e. The molecule has 0 aliphatic heterocycles. The number of nitrogen functional groups attached to an aromatic ring is 1. The van der Waals surface area contributed by atoms with Gasteiger partial charge in [-0.3, -0.25) is 0 Å². The summed E-state index contributed by atoms with van der Waals surface area (Å²) in [6.07, 6.45) is 1.47. The van der Waals surface area contributed by atoms with Gasteiger partial charge in [-0.1, -0.05) is 55.4 Å². The molecule has 0 aliphatic carbocycles. The number of hydrogen-bond acceptors (Lipinski definition) is 5. The van der Waals surface area contributed by atoms with Crippen LogP contribution in [0, 0.1) is 11.3 Å². The van der Waals surface area contributed by atoms with Crippen LogP contribution in [0.1, 0.15) is 37.1 Å². The highest BCUT2D eigenvalue weighted by atomic mass is 35.5. The molecule has 0 aliphatic rings. The molecule has 0 bridgehead atoms. The van der Waals surface area contributed by atoms with Crippen LogP contribution in [0.2, 0.25) is 5.02 Å². The van der Waals surface area contributed by atoms with Crippen LogP contribution in [-0.2, 0) is 6.42 Å². The van der Waals surface area contributed by atoms with Crippen LogP contribution in [0.3, 0.4) is 0 Å². The molecule has 2 rings (SSSR count). The molecule has 0 fully saturated rings. The molecule has 22 heavy (non-hydrogen) atoms. The van der Waals surface area contributed by atoms with Crippen LogP contribution in [-0.4, -0.2) is 15.2 Å². The van der Waals surface area contributed by atoms with Crippen molar-refractivity contribution < 1.29 is 0 Å². The minimum Gasteiger partial charge on any atom is -0.382 e. The Hall–Kier alpha value is -1.77. The minimum absolute atomic E-state index is 0.227. The molecule has 0 spiro atoms. The molecular formula is C16H17ClN4S. The molecule has 1 heterocycles. The molecule has 0 saturated carbocycles. The Labute approximate surface area is 139 Å². The second-order valence-electron chi connectivity index (χ2n) is 4.93. The monoisotopic (exact) mass is 332 g/mol. The van der Waals surface area contributed by atoms with E-state index in [4.69, 9.17) is 17.3 Å². The van der Waals surface area contributed by atoms with Crippen molar-refractivity contribution in [3.8, 4) is 6.07 Å². The molecule has 6 heteroatoms. The van der Waals surface area contributed by atoms with Crippen molar-refractivity contribution in [3.05, 3.63) is 46.1 Å². The van der Waals surface area contributed by atoms with Crippen molar-refractivity contribution in [2.24, 2.45) is 0 Å². The van der Waals surface area contributed by atoms with E-state index in [2.05, 4.69) is 29.9 Å². The Morgan fingerprint density at radius 2 is 2.09 bits per heavy atom. The van der Waals surface area contributed by atoms with E-state index in [9.17, 15) is 5.26 Å². The normalized spacial score (nSPS) is 11.9. The predicted molar refractivity (Wildman–Crippen MR) is 91.0 cm³/mol. The fraction of sp³-hybridized carbons (Fsp3) is 0.312. The zero-order chi connectivity index (χ0) is 16.1. The van der Waals surface area contributed by atoms with Crippen molar-refractivity contribution in [1.82, 2.24) is 9.97 Å². The van der Waals surface area contributed by atoms with E-state index in [0.717, 1.165) is 12.0 Å². The summed E-state index contributed by atoms with van der Waals surface area (Å²) in [6, 6.07) is 9.62. The van der Waals surface area contributed by atoms with Gasteiger partial charge in [-0.25, -0.2) is 9.97 Å². The number of nitrogens with two attached hydrogens (primary N) is 1. The van der Waals surface area contributed by atoms with Gasteiger partial charge in [0.2, 0.25) is 0 Å². The second-order valence-corrected chi connectivity index (χ2v) is 6.74. The topological polar surface area (TPSA) is 75.6 Å². The van der Waals surface area contributed by atoms with Crippen LogP contribution >= 0.6 is 23.4 Å². The minimum atomic E-state index is 0.227. The highest BCUT2D eigenvalue weighted by Crippen LogP contribution is 2.27. The van der Waals surface area contributed by atoms with Crippen LogP contribution in [0.4, 0.5) is 5.82 Å². The number of hydrogen-bond donors (Lipinski definition) is 1. The summed E-state index contributed by atoms with van der Waals surface area (Å²) in [4.78, 5) is 8.75. The lowest BCUT2D eigenvalue weighted by atomic mass is 10.1. The summed E-state index contributed by atoms with van der Waals surface area (Å²) in [5, 5.41) is 11.0. The van der Waals surface area contributed by atoms with E-state index >= 15 is 0 Å². The third-order valence-electron chi connectivity index (χ3n) is 3.30. The molecule has 2 aromatic rings. The number of thioether (sulfide) groups is 1. The first-order chi connectivity index (χ1) is 10.5. The fourth-order valence-electron chi connectivity index (χ4n) is 1.89. The number of rotatable bonds is 5. The third-order valence-corrected chi connectivity index (χ3v) is 4.80. The van der Waals surface area contributed by atoms with Gasteiger partial charge in [-0.2, -0.15) is 5.26 Å². The average molecular weight is 333 g/mol. The SMILES string of the molecule is CCC(C)Sc1nc(N)c(C#N)c(Cc2ccccc2Cl)n1. The fourth-order valence-corrected chi connectivity index (χ4v) is 2.93. The number of halogens is 1. The summed E-state index contributed by atoms with van der Waals surface area (Å²) in [5.41, 5.74) is 7.78. The molecule has 1 atom stereocenters. The standard InChI is InChI=1S/C16H17ClN4S/c1-3-10(2)22-16-20-14(12(9-18)15(19)21-16)8-11-6-4-5-7-13(11)17/h4-7,10H,3,8H2,1-2H3,(H2,19,20,21). The Bertz CT molecular complexity index is 712. The van der Waals surface area contributed by atoms with Gasteiger partial charge in [-0.15, -0.1) is 0 Å². The molecule has 1 aromatic carbocycles. The van der Waals surface area contributed by atoms with Crippen molar-refractivity contribution in [2.75, 3.05) is 5.73 Å². The number of anilines is 1. The first-order valence-electron chi connectivity index (χ1n) is 7.01. The lowest BCUT2D eigenvalue weighted by Gasteiger charge is -2.11. The summed E-state index contributed by atoms with van der Waals surface area (Å²) >= 11 is 7.75. The Balaban J connectivity index is 2.40. The molecule has 1 aromatic heterocycles. The second kappa shape index (κ2) is 7.48. The maximum absolute atomic E-state index is 9.32. The van der Waals surface area contributed by atoms with Gasteiger partial charge in [0, 0.05) is 16.7 Å².